The Hall–Kier alpha value is -2.61. The number of amides is 3. The molecular weight excluding hydrogens is 482 g/mol. The molecule has 202 valence electrons. The number of ether oxygens (including phenoxy) is 2. The average molecular weight is 524 g/mol. The predicted molar refractivity (Wildman–Crippen MR) is 139 cm³/mol. The Morgan fingerprint density at radius 3 is 2.19 bits per heavy atom. The third kappa shape index (κ3) is 9.80. The molecule has 1 aliphatic heterocycles. The molecule has 2 fully saturated rings. The molecule has 0 aromatic rings. The minimum absolute atomic E-state index is 0.0204. The number of carbonyl (C=O) groups excluding carboxylic acids is 3. The molecule has 11 heteroatoms. The molecule has 36 heavy (non-hydrogen) atoms. The maximum absolute atomic E-state index is 13.1. The van der Waals surface area contributed by atoms with Crippen LogP contribution in [-0.2, 0) is 14.3 Å². The number of nitriles is 1. The number of alkyl carbamates (subject to hydrolysis) is 1. The van der Waals surface area contributed by atoms with E-state index in [9.17, 15) is 19.6 Å². The van der Waals surface area contributed by atoms with Gasteiger partial charge in [0.2, 0.25) is 5.91 Å². The van der Waals surface area contributed by atoms with Crippen LogP contribution in [0.4, 0.5) is 9.59 Å². The third-order valence-electron chi connectivity index (χ3n) is 6.05. The lowest BCUT2D eigenvalue weighted by molar-refractivity contribution is -0.124. The standard InChI is InChI=1S/C25H41N5O5S/c1-23(2,3)15-18(19(31)29-25(16-26)11-7-8-12-25)27-20(36)28-21(32)34-17-9-13-30(14-10-17)22(33)35-24(4,5)6/h17-18H,7-15H2,1-6H3,(H,29,31)(H2,27,28,32,36). The molecule has 2 aliphatic rings. The lowest BCUT2D eigenvalue weighted by Crippen LogP contribution is -2.57. The summed E-state index contributed by atoms with van der Waals surface area (Å²) in [5, 5.41) is 17.9. The highest BCUT2D eigenvalue weighted by molar-refractivity contribution is 7.80. The van der Waals surface area contributed by atoms with Crippen LogP contribution in [0.5, 0.6) is 0 Å². The van der Waals surface area contributed by atoms with Crippen LogP contribution in [0.25, 0.3) is 0 Å². The van der Waals surface area contributed by atoms with Crippen molar-refractivity contribution in [1.29, 1.82) is 5.26 Å². The predicted octanol–water partition coefficient (Wildman–Crippen LogP) is 3.74. The molecular formula is C25H41N5O5S. The summed E-state index contributed by atoms with van der Waals surface area (Å²) in [6.45, 7) is 12.3. The van der Waals surface area contributed by atoms with Gasteiger partial charge in [-0.2, -0.15) is 5.26 Å². The quantitative estimate of drug-likeness (QED) is 0.464. The maximum Gasteiger partial charge on any atom is 0.413 e. The molecule has 1 aliphatic carbocycles. The number of carbonyl (C=O) groups is 3. The highest BCUT2D eigenvalue weighted by Gasteiger charge is 2.38. The highest BCUT2D eigenvalue weighted by atomic mass is 32.1. The number of likely N-dealkylation sites (tertiary alicyclic amines) is 1. The first kappa shape index (κ1) is 29.6. The molecule has 0 aromatic carbocycles. The number of hydrogen-bond acceptors (Lipinski definition) is 7. The molecule has 1 unspecified atom stereocenters. The lowest BCUT2D eigenvalue weighted by Gasteiger charge is -2.33. The van der Waals surface area contributed by atoms with Crippen molar-refractivity contribution < 1.29 is 23.9 Å². The van der Waals surface area contributed by atoms with Crippen LogP contribution in [0.3, 0.4) is 0 Å². The van der Waals surface area contributed by atoms with E-state index in [-0.39, 0.29) is 28.6 Å². The molecule has 1 atom stereocenters. The molecule has 0 radical (unpaired) electrons. The van der Waals surface area contributed by atoms with Crippen LogP contribution < -0.4 is 16.0 Å². The molecule has 0 spiro atoms. The second-order valence-electron chi connectivity index (χ2n) is 11.9. The molecule has 10 nitrogen and oxygen atoms in total. The summed E-state index contributed by atoms with van der Waals surface area (Å²) in [6.07, 6.45) is 2.99. The number of rotatable bonds is 5. The van der Waals surface area contributed by atoms with Gasteiger partial charge in [-0.05, 0) is 70.5 Å². The Bertz CT molecular complexity index is 860. The van der Waals surface area contributed by atoms with E-state index in [4.69, 9.17) is 21.7 Å². The third-order valence-corrected chi connectivity index (χ3v) is 6.27. The smallest absolute Gasteiger partial charge is 0.413 e. The topological polar surface area (TPSA) is 133 Å². The van der Waals surface area contributed by atoms with Gasteiger partial charge >= 0.3 is 12.2 Å². The van der Waals surface area contributed by atoms with Crippen molar-refractivity contribution in [1.82, 2.24) is 20.9 Å². The van der Waals surface area contributed by atoms with E-state index in [0.717, 1.165) is 12.8 Å². The van der Waals surface area contributed by atoms with Crippen molar-refractivity contribution in [3.05, 3.63) is 0 Å². The van der Waals surface area contributed by atoms with E-state index in [0.29, 0.717) is 45.2 Å². The average Bonchev–Trinajstić information content (AvgIpc) is 3.20. The zero-order valence-corrected chi connectivity index (χ0v) is 23.2. The van der Waals surface area contributed by atoms with Crippen molar-refractivity contribution in [2.24, 2.45) is 5.41 Å². The summed E-state index contributed by atoms with van der Waals surface area (Å²) in [4.78, 5) is 39.3. The van der Waals surface area contributed by atoms with Gasteiger partial charge in [0.05, 0.1) is 6.07 Å². The minimum Gasteiger partial charge on any atom is -0.446 e. The van der Waals surface area contributed by atoms with E-state index in [1.54, 1.807) is 4.90 Å². The molecule has 2 rings (SSSR count). The lowest BCUT2D eigenvalue weighted by atomic mass is 9.87. The molecule has 3 N–H and O–H groups in total. The summed E-state index contributed by atoms with van der Waals surface area (Å²) < 4.78 is 10.9. The molecule has 1 saturated carbocycles. The van der Waals surface area contributed by atoms with Crippen LogP contribution >= 0.6 is 12.2 Å². The van der Waals surface area contributed by atoms with Gasteiger partial charge in [-0.25, -0.2) is 9.59 Å². The summed E-state index contributed by atoms with van der Waals surface area (Å²) in [5.41, 5.74) is -1.62. The Kier molecular flexibility index (Phi) is 9.94. The first-order valence-corrected chi connectivity index (χ1v) is 13.0. The van der Waals surface area contributed by atoms with Gasteiger partial charge in [-0.15, -0.1) is 0 Å². The second-order valence-corrected chi connectivity index (χ2v) is 12.3. The van der Waals surface area contributed by atoms with E-state index in [1.165, 1.54) is 0 Å². The van der Waals surface area contributed by atoms with Crippen molar-refractivity contribution in [3.8, 4) is 6.07 Å². The van der Waals surface area contributed by atoms with E-state index >= 15 is 0 Å². The largest absolute Gasteiger partial charge is 0.446 e. The van der Waals surface area contributed by atoms with Gasteiger partial charge in [-0.1, -0.05) is 20.8 Å². The van der Waals surface area contributed by atoms with Gasteiger partial charge in [0.25, 0.3) is 0 Å². The molecule has 0 aromatic heterocycles. The van der Waals surface area contributed by atoms with Crippen molar-refractivity contribution in [3.63, 3.8) is 0 Å². The van der Waals surface area contributed by atoms with Crippen molar-refractivity contribution in [2.75, 3.05) is 13.1 Å². The van der Waals surface area contributed by atoms with E-state index in [1.807, 2.05) is 41.5 Å². The number of nitrogens with zero attached hydrogens (tertiary/aromatic N) is 2. The Labute approximate surface area is 219 Å². The first-order chi connectivity index (χ1) is 16.6. The fraction of sp³-hybridized carbons (Fsp3) is 0.800. The summed E-state index contributed by atoms with van der Waals surface area (Å²) in [5.74, 6) is -0.319. The Morgan fingerprint density at radius 1 is 1.11 bits per heavy atom. The molecule has 3 amide bonds. The van der Waals surface area contributed by atoms with E-state index in [2.05, 4.69) is 22.0 Å². The summed E-state index contributed by atoms with van der Waals surface area (Å²) in [6, 6.07) is 1.54. The van der Waals surface area contributed by atoms with Gasteiger partial charge < -0.3 is 25.0 Å². The summed E-state index contributed by atoms with van der Waals surface area (Å²) >= 11 is 5.29. The minimum atomic E-state index is -0.850. The Morgan fingerprint density at radius 2 is 1.69 bits per heavy atom. The fourth-order valence-electron chi connectivity index (χ4n) is 4.34. The molecule has 1 heterocycles. The Balaban J connectivity index is 1.86. The second kappa shape index (κ2) is 12.1. The number of hydrogen-bond donors (Lipinski definition) is 3. The normalized spacial score (nSPS) is 19.0. The van der Waals surface area contributed by atoms with Crippen molar-refractivity contribution >= 4 is 35.4 Å². The zero-order valence-electron chi connectivity index (χ0n) is 22.4. The highest BCUT2D eigenvalue weighted by Crippen LogP contribution is 2.29. The van der Waals surface area contributed by atoms with Gasteiger partial charge in [-0.3, -0.25) is 10.1 Å². The van der Waals surface area contributed by atoms with Crippen LogP contribution in [0.15, 0.2) is 0 Å². The van der Waals surface area contributed by atoms with Crippen LogP contribution in [0.1, 0.15) is 86.5 Å². The molecule has 0 bridgehead atoms. The summed E-state index contributed by atoms with van der Waals surface area (Å²) in [7, 11) is 0. The maximum atomic E-state index is 13.1. The number of nitrogens with one attached hydrogen (secondary N) is 3. The first-order valence-electron chi connectivity index (χ1n) is 12.6. The van der Waals surface area contributed by atoms with Crippen molar-refractivity contribution in [2.45, 2.75) is 110 Å². The number of piperidine rings is 1. The van der Waals surface area contributed by atoms with Gasteiger partial charge in [0.15, 0.2) is 5.11 Å². The van der Waals surface area contributed by atoms with Gasteiger partial charge in [0.1, 0.15) is 23.3 Å². The van der Waals surface area contributed by atoms with Crippen LogP contribution in [0.2, 0.25) is 0 Å². The molecule has 1 saturated heterocycles. The zero-order chi connectivity index (χ0) is 27.1. The van der Waals surface area contributed by atoms with Gasteiger partial charge in [0, 0.05) is 25.9 Å². The van der Waals surface area contributed by atoms with E-state index < -0.39 is 23.3 Å². The fourth-order valence-corrected chi connectivity index (χ4v) is 4.56. The van der Waals surface area contributed by atoms with Crippen LogP contribution in [0, 0.1) is 16.7 Å². The SMILES string of the molecule is CC(C)(C)CC(NC(=S)NC(=O)OC1CCN(C(=O)OC(C)(C)C)CC1)C(=O)NC1(C#N)CCCC1. The number of thiocarbonyl (C=S) groups is 1. The van der Waals surface area contributed by atoms with Crippen LogP contribution in [-0.4, -0.2) is 64.5 Å². The monoisotopic (exact) mass is 523 g/mol.